The molecule has 0 aliphatic rings. The fourth-order valence-corrected chi connectivity index (χ4v) is 1.35. The van der Waals surface area contributed by atoms with Crippen LogP contribution in [0.4, 0.5) is 0 Å². The Labute approximate surface area is 75.9 Å². The summed E-state index contributed by atoms with van der Waals surface area (Å²) in [5, 5.41) is 8.81. The van der Waals surface area contributed by atoms with E-state index in [-0.39, 0.29) is 0 Å². The number of nitrogens with zero attached hydrogens (tertiary/aromatic N) is 2. The smallest absolute Gasteiger partial charge is 0.276 e. The van der Waals surface area contributed by atoms with Crippen LogP contribution in [-0.2, 0) is 6.42 Å². The van der Waals surface area contributed by atoms with Crippen molar-refractivity contribution in [3.8, 4) is 0 Å². The maximum atomic E-state index is 5.34. The van der Waals surface area contributed by atoms with Crippen LogP contribution in [0.25, 0.3) is 0 Å². The molecule has 0 atom stereocenters. The first kappa shape index (κ1) is 9.54. The molecule has 0 radical (unpaired) electrons. The van der Waals surface area contributed by atoms with Crippen molar-refractivity contribution in [3.63, 3.8) is 0 Å². The third kappa shape index (κ3) is 2.83. The van der Waals surface area contributed by atoms with Gasteiger partial charge in [0.05, 0.1) is 0 Å². The fraction of sp³-hybridized carbons (Fsp3) is 0.714. The quantitative estimate of drug-likeness (QED) is 0.714. The van der Waals surface area contributed by atoms with Crippen molar-refractivity contribution in [2.24, 2.45) is 5.73 Å². The van der Waals surface area contributed by atoms with Crippen molar-refractivity contribution in [2.75, 3.05) is 6.54 Å². The van der Waals surface area contributed by atoms with Crippen LogP contribution in [0.3, 0.4) is 0 Å². The zero-order valence-electron chi connectivity index (χ0n) is 7.28. The van der Waals surface area contributed by atoms with E-state index in [1.807, 2.05) is 0 Å². The highest BCUT2D eigenvalue weighted by Gasteiger charge is 2.06. The van der Waals surface area contributed by atoms with Gasteiger partial charge in [0.1, 0.15) is 0 Å². The topological polar surface area (TPSA) is 64.9 Å². The van der Waals surface area contributed by atoms with E-state index in [2.05, 4.69) is 24.0 Å². The van der Waals surface area contributed by atoms with E-state index in [1.165, 1.54) is 0 Å². The van der Waals surface area contributed by atoms with Crippen LogP contribution >= 0.6 is 11.8 Å². The minimum absolute atomic E-state index is 0.469. The number of hydrogen-bond donors (Lipinski definition) is 1. The van der Waals surface area contributed by atoms with Gasteiger partial charge in [0.25, 0.3) is 5.22 Å². The van der Waals surface area contributed by atoms with Crippen LogP contribution in [0.15, 0.2) is 9.64 Å². The van der Waals surface area contributed by atoms with Gasteiger partial charge in [-0.3, -0.25) is 0 Å². The zero-order chi connectivity index (χ0) is 8.97. The van der Waals surface area contributed by atoms with E-state index in [0.29, 0.717) is 29.3 Å². The summed E-state index contributed by atoms with van der Waals surface area (Å²) in [6.45, 7) is 4.71. The average Bonchev–Trinajstić information content (AvgIpc) is 2.36. The third-order valence-corrected chi connectivity index (χ3v) is 1.98. The Kier molecular flexibility index (Phi) is 3.55. The van der Waals surface area contributed by atoms with Gasteiger partial charge >= 0.3 is 0 Å². The van der Waals surface area contributed by atoms with Crippen molar-refractivity contribution in [1.29, 1.82) is 0 Å². The lowest BCUT2D eigenvalue weighted by Gasteiger charge is -1.96. The molecule has 0 fully saturated rings. The van der Waals surface area contributed by atoms with E-state index in [0.717, 1.165) is 0 Å². The number of aromatic nitrogens is 2. The fourth-order valence-electron chi connectivity index (χ4n) is 0.712. The van der Waals surface area contributed by atoms with Crippen molar-refractivity contribution < 1.29 is 4.42 Å². The molecule has 0 amide bonds. The molecule has 0 aliphatic carbocycles. The Morgan fingerprint density at radius 3 is 2.83 bits per heavy atom. The van der Waals surface area contributed by atoms with Crippen LogP contribution < -0.4 is 5.73 Å². The van der Waals surface area contributed by atoms with Gasteiger partial charge in [-0.05, 0) is 0 Å². The number of hydrogen-bond acceptors (Lipinski definition) is 5. The normalized spacial score (nSPS) is 11.0. The summed E-state index contributed by atoms with van der Waals surface area (Å²) in [5.41, 5.74) is 5.34. The maximum Gasteiger partial charge on any atom is 0.276 e. The molecule has 0 unspecified atom stereocenters. The Morgan fingerprint density at radius 2 is 2.25 bits per heavy atom. The molecule has 0 saturated heterocycles. The lowest BCUT2D eigenvalue weighted by atomic mass is 10.4. The Hall–Kier alpha value is -0.550. The van der Waals surface area contributed by atoms with E-state index >= 15 is 0 Å². The van der Waals surface area contributed by atoms with E-state index in [4.69, 9.17) is 10.2 Å². The molecule has 4 nitrogen and oxygen atoms in total. The number of nitrogens with two attached hydrogens (primary N) is 1. The summed E-state index contributed by atoms with van der Waals surface area (Å²) in [4.78, 5) is 0. The van der Waals surface area contributed by atoms with Gasteiger partial charge in [-0.2, -0.15) is 0 Å². The molecule has 1 heterocycles. The molecule has 0 spiro atoms. The minimum atomic E-state index is 0.469. The first-order valence-electron chi connectivity index (χ1n) is 3.91. The predicted octanol–water partition coefficient (Wildman–Crippen LogP) is 1.07. The lowest BCUT2D eigenvalue weighted by Crippen LogP contribution is -2.02. The average molecular weight is 187 g/mol. The van der Waals surface area contributed by atoms with Gasteiger partial charge < -0.3 is 10.2 Å². The van der Waals surface area contributed by atoms with E-state index in [1.54, 1.807) is 11.8 Å². The van der Waals surface area contributed by atoms with Crippen LogP contribution in [0.1, 0.15) is 19.7 Å². The SMILES string of the molecule is CC(C)Sc1nnc(CCN)o1. The van der Waals surface area contributed by atoms with Gasteiger partial charge in [-0.25, -0.2) is 0 Å². The molecule has 68 valence electrons. The molecule has 0 aliphatic heterocycles. The number of thioether (sulfide) groups is 1. The summed E-state index contributed by atoms with van der Waals surface area (Å²) in [5.74, 6) is 0.626. The largest absolute Gasteiger partial charge is 0.416 e. The van der Waals surface area contributed by atoms with Gasteiger partial charge in [0.2, 0.25) is 5.89 Å². The Balaban J connectivity index is 2.52. The highest BCUT2D eigenvalue weighted by atomic mass is 32.2. The molecule has 1 aromatic heterocycles. The molecule has 0 saturated carbocycles. The maximum absolute atomic E-state index is 5.34. The van der Waals surface area contributed by atoms with E-state index in [9.17, 15) is 0 Å². The molecule has 5 heteroatoms. The first-order valence-corrected chi connectivity index (χ1v) is 4.79. The second-order valence-corrected chi connectivity index (χ2v) is 4.19. The van der Waals surface area contributed by atoms with Gasteiger partial charge in [0.15, 0.2) is 0 Å². The second-order valence-electron chi connectivity index (χ2n) is 2.67. The highest BCUT2D eigenvalue weighted by molar-refractivity contribution is 7.99. The monoisotopic (exact) mass is 187 g/mol. The molecular weight excluding hydrogens is 174 g/mol. The number of rotatable bonds is 4. The van der Waals surface area contributed by atoms with Crippen molar-refractivity contribution in [2.45, 2.75) is 30.7 Å². The summed E-state index contributed by atoms with van der Waals surface area (Å²) >= 11 is 1.56. The van der Waals surface area contributed by atoms with Gasteiger partial charge in [-0.15, -0.1) is 10.2 Å². The molecule has 0 bridgehead atoms. The van der Waals surface area contributed by atoms with Crippen LogP contribution in [0.2, 0.25) is 0 Å². The summed E-state index contributed by atoms with van der Waals surface area (Å²) in [6, 6.07) is 0. The molecular formula is C7H13N3OS. The summed E-state index contributed by atoms with van der Waals surface area (Å²) < 4.78 is 5.30. The lowest BCUT2D eigenvalue weighted by molar-refractivity contribution is 0.414. The van der Waals surface area contributed by atoms with Crippen molar-refractivity contribution in [3.05, 3.63) is 5.89 Å². The van der Waals surface area contributed by atoms with Crippen molar-refractivity contribution in [1.82, 2.24) is 10.2 Å². The Bertz CT molecular complexity index is 236. The summed E-state index contributed by atoms with van der Waals surface area (Å²) in [6.07, 6.45) is 0.658. The van der Waals surface area contributed by atoms with Crippen molar-refractivity contribution >= 4 is 11.8 Å². The molecule has 2 N–H and O–H groups in total. The van der Waals surface area contributed by atoms with Crippen LogP contribution in [-0.4, -0.2) is 22.0 Å². The van der Waals surface area contributed by atoms with Gasteiger partial charge in [-0.1, -0.05) is 25.6 Å². The molecule has 1 aromatic rings. The second kappa shape index (κ2) is 4.47. The molecule has 12 heavy (non-hydrogen) atoms. The van der Waals surface area contributed by atoms with Gasteiger partial charge in [0, 0.05) is 18.2 Å². The molecule has 1 rings (SSSR count). The standard InChI is InChI=1S/C7H13N3OS/c1-5(2)12-7-10-9-6(11-7)3-4-8/h5H,3-4,8H2,1-2H3. The highest BCUT2D eigenvalue weighted by Crippen LogP contribution is 2.20. The summed E-state index contributed by atoms with van der Waals surface area (Å²) in [7, 11) is 0. The minimum Gasteiger partial charge on any atom is -0.416 e. The predicted molar refractivity (Wildman–Crippen MR) is 48.0 cm³/mol. The van der Waals surface area contributed by atoms with Crippen LogP contribution in [0.5, 0.6) is 0 Å². The van der Waals surface area contributed by atoms with E-state index < -0.39 is 0 Å². The van der Waals surface area contributed by atoms with Crippen LogP contribution in [0, 0.1) is 0 Å². The zero-order valence-corrected chi connectivity index (χ0v) is 8.10. The molecule has 0 aromatic carbocycles. The third-order valence-electron chi connectivity index (χ3n) is 1.14. The Morgan fingerprint density at radius 1 is 1.50 bits per heavy atom. The first-order chi connectivity index (χ1) is 5.72.